The Morgan fingerprint density at radius 1 is 0.636 bits per heavy atom. The second-order valence-electron chi connectivity index (χ2n) is 9.25. The summed E-state index contributed by atoms with van der Waals surface area (Å²) in [7, 11) is 0. The number of carbonyl (C=O) groups excluding carboxylic acids is 2. The summed E-state index contributed by atoms with van der Waals surface area (Å²) in [6.07, 6.45) is 2.68. The van der Waals surface area contributed by atoms with E-state index in [1.54, 1.807) is 24.3 Å². The minimum atomic E-state index is -0.502. The van der Waals surface area contributed by atoms with E-state index in [1.807, 2.05) is 87.6 Å². The summed E-state index contributed by atoms with van der Waals surface area (Å²) >= 11 is 3.76. The van der Waals surface area contributed by atoms with Gasteiger partial charge in [0.2, 0.25) is 0 Å². The summed E-state index contributed by atoms with van der Waals surface area (Å²) < 4.78 is 11.0. The van der Waals surface area contributed by atoms with Gasteiger partial charge < -0.3 is 9.47 Å². The van der Waals surface area contributed by atoms with E-state index in [2.05, 4.69) is 0 Å². The zero-order chi connectivity index (χ0) is 24.2. The number of hydrogen-bond donors (Lipinski definition) is 0. The molecule has 0 fully saturated rings. The van der Waals surface area contributed by atoms with Crippen molar-refractivity contribution in [2.45, 2.75) is 47.0 Å². The van der Waals surface area contributed by atoms with Crippen molar-refractivity contribution in [2.24, 2.45) is 10.8 Å². The van der Waals surface area contributed by atoms with Crippen molar-refractivity contribution in [3.8, 4) is 11.5 Å². The molecule has 0 heterocycles. The first-order valence-corrected chi connectivity index (χ1v) is 13.7. The van der Waals surface area contributed by atoms with Gasteiger partial charge in [0.05, 0.1) is 10.8 Å². The molecule has 6 heteroatoms. The van der Waals surface area contributed by atoms with Crippen molar-refractivity contribution in [3.63, 3.8) is 0 Å². The lowest BCUT2D eigenvalue weighted by Crippen LogP contribution is -2.29. The van der Waals surface area contributed by atoms with Gasteiger partial charge in [-0.15, -0.1) is 0 Å². The Balaban J connectivity index is 1.54. The molecule has 0 aromatic heterocycles. The van der Waals surface area contributed by atoms with Gasteiger partial charge >= 0.3 is 11.9 Å². The van der Waals surface area contributed by atoms with Crippen molar-refractivity contribution in [1.82, 2.24) is 0 Å². The van der Waals surface area contributed by atoms with E-state index >= 15 is 0 Å². The SMILES string of the molecule is CC(C)(CCSCCCSCCC(C)(C)C(=O)Oc1ccccc1)C(=O)Oc1ccccc1. The lowest BCUT2D eigenvalue weighted by Gasteiger charge is -2.22. The molecule has 0 saturated heterocycles. The van der Waals surface area contributed by atoms with Crippen molar-refractivity contribution in [1.29, 1.82) is 0 Å². The maximum Gasteiger partial charge on any atom is 0.316 e. The van der Waals surface area contributed by atoms with Gasteiger partial charge in [0.15, 0.2) is 0 Å². The highest BCUT2D eigenvalue weighted by atomic mass is 32.2. The first kappa shape index (κ1) is 27.3. The predicted octanol–water partition coefficient (Wildman–Crippen LogP) is 6.89. The van der Waals surface area contributed by atoms with Crippen molar-refractivity contribution in [2.75, 3.05) is 23.0 Å². The van der Waals surface area contributed by atoms with Gasteiger partial charge in [0.25, 0.3) is 0 Å². The van der Waals surface area contributed by atoms with Crippen LogP contribution in [-0.4, -0.2) is 35.0 Å². The zero-order valence-electron chi connectivity index (χ0n) is 20.2. The summed E-state index contributed by atoms with van der Waals surface area (Å²) in [5, 5.41) is 0. The summed E-state index contributed by atoms with van der Waals surface area (Å²) in [6.45, 7) is 7.77. The molecule has 0 saturated carbocycles. The number of benzene rings is 2. The fraction of sp³-hybridized carbons (Fsp3) is 0.481. The van der Waals surface area contributed by atoms with E-state index in [4.69, 9.17) is 9.47 Å². The highest BCUT2D eigenvalue weighted by Crippen LogP contribution is 2.28. The molecule has 0 amide bonds. The van der Waals surface area contributed by atoms with Gasteiger partial charge in [-0.05, 0) is 94.2 Å². The van der Waals surface area contributed by atoms with Crippen LogP contribution in [0.4, 0.5) is 0 Å². The molecule has 2 rings (SSSR count). The Morgan fingerprint density at radius 2 is 1.00 bits per heavy atom. The van der Waals surface area contributed by atoms with Gasteiger partial charge in [-0.3, -0.25) is 9.59 Å². The lowest BCUT2D eigenvalue weighted by molar-refractivity contribution is -0.144. The molecule has 2 aromatic carbocycles. The molecule has 0 aliphatic carbocycles. The van der Waals surface area contributed by atoms with Gasteiger partial charge in [0.1, 0.15) is 11.5 Å². The number of thioether (sulfide) groups is 2. The standard InChI is InChI=1S/C27H36O4S2/c1-26(2,24(28)30-22-12-7-5-8-13-22)16-20-32-18-11-19-33-21-17-27(3,4)25(29)31-23-14-9-6-10-15-23/h5-10,12-15H,11,16-21H2,1-4H3. The minimum absolute atomic E-state index is 0.182. The van der Waals surface area contributed by atoms with Crippen LogP contribution < -0.4 is 9.47 Å². The van der Waals surface area contributed by atoms with Crippen LogP contribution in [-0.2, 0) is 9.59 Å². The first-order chi connectivity index (χ1) is 15.7. The Kier molecular flexibility index (Phi) is 11.3. The Morgan fingerprint density at radius 3 is 1.36 bits per heavy atom. The van der Waals surface area contributed by atoms with Gasteiger partial charge in [-0.1, -0.05) is 36.4 Å². The molecular weight excluding hydrogens is 452 g/mol. The topological polar surface area (TPSA) is 52.6 Å². The van der Waals surface area contributed by atoms with E-state index in [1.165, 1.54) is 0 Å². The number of carbonyl (C=O) groups is 2. The Labute approximate surface area is 207 Å². The van der Waals surface area contributed by atoms with Crippen LogP contribution in [0.25, 0.3) is 0 Å². The second-order valence-corrected chi connectivity index (χ2v) is 11.7. The van der Waals surface area contributed by atoms with Crippen LogP contribution in [0, 0.1) is 10.8 Å². The molecule has 180 valence electrons. The van der Waals surface area contributed by atoms with Crippen LogP contribution in [0.15, 0.2) is 60.7 Å². The molecule has 0 bridgehead atoms. The maximum absolute atomic E-state index is 12.4. The van der Waals surface area contributed by atoms with E-state index < -0.39 is 10.8 Å². The molecule has 0 aliphatic heterocycles. The lowest BCUT2D eigenvalue weighted by atomic mass is 9.90. The van der Waals surface area contributed by atoms with Gasteiger partial charge in [-0.2, -0.15) is 23.5 Å². The molecule has 0 atom stereocenters. The van der Waals surface area contributed by atoms with Crippen LogP contribution in [0.5, 0.6) is 11.5 Å². The van der Waals surface area contributed by atoms with Crippen LogP contribution in [0.2, 0.25) is 0 Å². The first-order valence-electron chi connectivity index (χ1n) is 11.4. The second kappa shape index (κ2) is 13.7. The van der Waals surface area contributed by atoms with Crippen molar-refractivity contribution in [3.05, 3.63) is 60.7 Å². The average Bonchev–Trinajstić information content (AvgIpc) is 2.79. The molecule has 0 N–H and O–H groups in total. The highest BCUT2D eigenvalue weighted by molar-refractivity contribution is 8.00. The summed E-state index contributed by atoms with van der Waals surface area (Å²) in [5.74, 6) is 4.82. The molecule has 0 radical (unpaired) electrons. The Hall–Kier alpha value is -1.92. The third kappa shape index (κ3) is 10.3. The number of para-hydroxylation sites is 2. The number of ether oxygens (including phenoxy) is 2. The number of hydrogen-bond acceptors (Lipinski definition) is 6. The molecule has 2 aromatic rings. The molecule has 33 heavy (non-hydrogen) atoms. The van der Waals surface area contributed by atoms with E-state index in [0.29, 0.717) is 11.5 Å². The molecule has 0 spiro atoms. The number of esters is 2. The van der Waals surface area contributed by atoms with Crippen molar-refractivity contribution >= 4 is 35.5 Å². The summed E-state index contributed by atoms with van der Waals surface area (Å²) in [6, 6.07) is 18.4. The summed E-state index contributed by atoms with van der Waals surface area (Å²) in [5.41, 5.74) is -1.00. The third-order valence-electron chi connectivity index (χ3n) is 5.33. The fourth-order valence-electron chi connectivity index (χ4n) is 2.79. The van der Waals surface area contributed by atoms with Crippen LogP contribution in [0.1, 0.15) is 47.0 Å². The Bertz CT molecular complexity index is 779. The maximum atomic E-state index is 12.4. The minimum Gasteiger partial charge on any atom is -0.426 e. The quantitative estimate of drug-likeness (QED) is 0.164. The monoisotopic (exact) mass is 488 g/mol. The van der Waals surface area contributed by atoms with Crippen LogP contribution in [0.3, 0.4) is 0 Å². The van der Waals surface area contributed by atoms with E-state index in [9.17, 15) is 9.59 Å². The van der Waals surface area contributed by atoms with Gasteiger partial charge in [0, 0.05) is 0 Å². The fourth-order valence-corrected chi connectivity index (χ4v) is 5.39. The van der Waals surface area contributed by atoms with E-state index in [-0.39, 0.29) is 11.9 Å². The molecule has 0 unspecified atom stereocenters. The molecule has 4 nitrogen and oxygen atoms in total. The van der Waals surface area contributed by atoms with Crippen LogP contribution >= 0.6 is 23.5 Å². The average molecular weight is 489 g/mol. The largest absolute Gasteiger partial charge is 0.426 e. The smallest absolute Gasteiger partial charge is 0.316 e. The van der Waals surface area contributed by atoms with Crippen molar-refractivity contribution < 1.29 is 19.1 Å². The predicted molar refractivity (Wildman–Crippen MR) is 140 cm³/mol. The normalized spacial score (nSPS) is 11.8. The third-order valence-corrected chi connectivity index (χ3v) is 7.47. The van der Waals surface area contributed by atoms with Gasteiger partial charge in [-0.25, -0.2) is 0 Å². The summed E-state index contributed by atoms with van der Waals surface area (Å²) in [4.78, 5) is 24.9. The molecule has 0 aliphatic rings. The van der Waals surface area contributed by atoms with E-state index in [0.717, 1.165) is 42.3 Å². The zero-order valence-corrected chi connectivity index (χ0v) is 21.8. The number of rotatable bonds is 14. The molecular formula is C27H36O4S2. The highest BCUT2D eigenvalue weighted by Gasteiger charge is 2.30.